The second-order valence-electron chi connectivity index (χ2n) is 17.4. The zero-order valence-corrected chi connectivity index (χ0v) is 42.2. The highest BCUT2D eigenvalue weighted by Gasteiger charge is 2.19. The van der Waals surface area contributed by atoms with Crippen molar-refractivity contribution >= 4 is 17.9 Å². The molecule has 0 radical (unpaired) electrons. The van der Waals surface area contributed by atoms with Crippen molar-refractivity contribution in [3.05, 3.63) is 97.2 Å². The summed E-state index contributed by atoms with van der Waals surface area (Å²) >= 11 is 0. The largest absolute Gasteiger partial charge is 0.462 e. The van der Waals surface area contributed by atoms with Crippen LogP contribution >= 0.6 is 0 Å². The van der Waals surface area contributed by atoms with Gasteiger partial charge in [0, 0.05) is 19.3 Å². The van der Waals surface area contributed by atoms with E-state index in [1.807, 2.05) is 0 Å². The fourth-order valence-electron chi connectivity index (χ4n) is 7.03. The van der Waals surface area contributed by atoms with Crippen LogP contribution in [-0.4, -0.2) is 37.2 Å². The van der Waals surface area contributed by atoms with Crippen molar-refractivity contribution in [2.45, 2.75) is 245 Å². The van der Waals surface area contributed by atoms with Gasteiger partial charge < -0.3 is 14.2 Å². The molecule has 65 heavy (non-hydrogen) atoms. The zero-order valence-electron chi connectivity index (χ0n) is 42.2. The molecule has 0 saturated carbocycles. The average Bonchev–Trinajstić information content (AvgIpc) is 3.30. The second kappa shape index (κ2) is 52.9. The van der Waals surface area contributed by atoms with Crippen LogP contribution in [0, 0.1) is 0 Å². The lowest BCUT2D eigenvalue weighted by Crippen LogP contribution is -2.30. The monoisotopic (exact) mass is 903 g/mol. The van der Waals surface area contributed by atoms with E-state index in [9.17, 15) is 14.4 Å². The highest BCUT2D eigenvalue weighted by atomic mass is 16.6. The van der Waals surface area contributed by atoms with Crippen molar-refractivity contribution in [1.82, 2.24) is 0 Å². The van der Waals surface area contributed by atoms with E-state index in [0.717, 1.165) is 77.0 Å². The molecular formula is C59H98O6. The Labute approximate surface area is 400 Å². The maximum Gasteiger partial charge on any atom is 0.306 e. The predicted molar refractivity (Wildman–Crippen MR) is 279 cm³/mol. The first-order valence-electron chi connectivity index (χ1n) is 26.7. The van der Waals surface area contributed by atoms with Gasteiger partial charge in [-0.05, 0) is 116 Å². The first kappa shape index (κ1) is 61.3. The van der Waals surface area contributed by atoms with E-state index >= 15 is 0 Å². The van der Waals surface area contributed by atoms with Crippen molar-refractivity contribution in [2.24, 2.45) is 0 Å². The van der Waals surface area contributed by atoms with E-state index in [1.165, 1.54) is 109 Å². The van der Waals surface area contributed by atoms with E-state index in [4.69, 9.17) is 14.2 Å². The number of ether oxygens (including phenoxy) is 3. The van der Waals surface area contributed by atoms with Crippen molar-refractivity contribution in [2.75, 3.05) is 13.2 Å². The third-order valence-electron chi connectivity index (χ3n) is 11.0. The lowest BCUT2D eigenvalue weighted by molar-refractivity contribution is -0.167. The number of rotatable bonds is 47. The number of allylic oxidation sites excluding steroid dienone is 16. The smallest absolute Gasteiger partial charge is 0.306 e. The molecule has 0 bridgehead atoms. The van der Waals surface area contributed by atoms with Crippen LogP contribution in [0.3, 0.4) is 0 Å². The molecule has 370 valence electrons. The van der Waals surface area contributed by atoms with Gasteiger partial charge in [0.15, 0.2) is 6.10 Å². The Kier molecular flexibility index (Phi) is 50.0. The summed E-state index contributed by atoms with van der Waals surface area (Å²) in [6.45, 7) is 6.42. The molecule has 0 rings (SSSR count). The first-order valence-corrected chi connectivity index (χ1v) is 26.7. The Hall–Kier alpha value is -3.67. The minimum atomic E-state index is -0.817. The maximum absolute atomic E-state index is 12.8. The molecule has 6 heteroatoms. The minimum Gasteiger partial charge on any atom is -0.462 e. The predicted octanol–water partition coefficient (Wildman–Crippen LogP) is 17.8. The van der Waals surface area contributed by atoms with E-state index in [0.29, 0.717) is 25.7 Å². The summed E-state index contributed by atoms with van der Waals surface area (Å²) in [6.07, 6.45) is 69.7. The summed E-state index contributed by atoms with van der Waals surface area (Å²) in [5.74, 6) is -1.01. The van der Waals surface area contributed by atoms with Gasteiger partial charge in [-0.1, -0.05) is 201 Å². The SMILES string of the molecule is CC/C=C\C/C=C\C/C=C\C/C=C\CCCCC(=O)OC[C@H](COC(=O)CCC/C=C\C/C=C\C/C=C\CCCCCCCC)OC(=O)CCCCCCCCC/C=C\CCCCCC. The van der Waals surface area contributed by atoms with E-state index in [-0.39, 0.29) is 37.5 Å². The number of hydrogen-bond donors (Lipinski definition) is 0. The molecule has 0 spiro atoms. The van der Waals surface area contributed by atoms with Gasteiger partial charge in [0.1, 0.15) is 13.2 Å². The highest BCUT2D eigenvalue weighted by molar-refractivity contribution is 5.71. The van der Waals surface area contributed by atoms with Crippen LogP contribution in [0.4, 0.5) is 0 Å². The summed E-state index contributed by atoms with van der Waals surface area (Å²) < 4.78 is 16.7. The number of unbranched alkanes of at least 4 members (excludes halogenated alkanes) is 20. The number of hydrogen-bond acceptors (Lipinski definition) is 6. The Bertz CT molecular complexity index is 1310. The van der Waals surface area contributed by atoms with Gasteiger partial charge in [-0.2, -0.15) is 0 Å². The van der Waals surface area contributed by atoms with Gasteiger partial charge >= 0.3 is 17.9 Å². The van der Waals surface area contributed by atoms with Gasteiger partial charge in [0.2, 0.25) is 0 Å². The Morgan fingerprint density at radius 1 is 0.323 bits per heavy atom. The standard InChI is InChI=1S/C59H98O6/c1-4-7-10-13-16-19-22-25-28-29-32-34-37-40-43-46-49-52-58(61)64-55-56(65-59(62)53-50-47-44-41-38-35-31-27-24-21-18-15-12-9-6-3)54-63-57(60)51-48-45-42-39-36-33-30-26-23-20-17-14-11-8-5-2/h8,11,17,20-21,24-26,28,30,32,34,36,39-40,43,56H,4-7,9-10,12-16,18-19,22-23,27,29,31,33,35,37-38,41-42,44-55H2,1-3H3/b11-8-,20-17-,24-21-,28-25-,30-26-,34-32-,39-36-,43-40-/t56-/m1/s1. The number of carbonyl (C=O) groups excluding carboxylic acids is 3. The Morgan fingerprint density at radius 3 is 1.06 bits per heavy atom. The molecule has 0 aliphatic heterocycles. The maximum atomic E-state index is 12.8. The van der Waals surface area contributed by atoms with Crippen molar-refractivity contribution in [1.29, 1.82) is 0 Å². The summed E-state index contributed by atoms with van der Waals surface area (Å²) in [4.78, 5) is 38.0. The van der Waals surface area contributed by atoms with Gasteiger partial charge in [-0.25, -0.2) is 0 Å². The molecule has 0 aromatic rings. The fourth-order valence-corrected chi connectivity index (χ4v) is 7.03. The van der Waals surface area contributed by atoms with Crippen LogP contribution in [-0.2, 0) is 28.6 Å². The third-order valence-corrected chi connectivity index (χ3v) is 11.0. The van der Waals surface area contributed by atoms with Crippen LogP contribution in [0.1, 0.15) is 239 Å². The van der Waals surface area contributed by atoms with Crippen LogP contribution in [0.15, 0.2) is 97.2 Å². The first-order chi connectivity index (χ1) is 32.0. The van der Waals surface area contributed by atoms with Crippen molar-refractivity contribution < 1.29 is 28.6 Å². The van der Waals surface area contributed by atoms with E-state index in [1.54, 1.807) is 0 Å². The van der Waals surface area contributed by atoms with Crippen LogP contribution in [0.25, 0.3) is 0 Å². The normalized spacial score (nSPS) is 12.8. The van der Waals surface area contributed by atoms with Crippen LogP contribution in [0.2, 0.25) is 0 Å². The Morgan fingerprint density at radius 2 is 0.615 bits per heavy atom. The van der Waals surface area contributed by atoms with Gasteiger partial charge in [0.25, 0.3) is 0 Å². The van der Waals surface area contributed by atoms with Crippen molar-refractivity contribution in [3.8, 4) is 0 Å². The highest BCUT2D eigenvalue weighted by Crippen LogP contribution is 2.13. The van der Waals surface area contributed by atoms with E-state index < -0.39 is 6.10 Å². The number of carbonyl (C=O) groups is 3. The molecule has 0 aliphatic carbocycles. The van der Waals surface area contributed by atoms with Crippen LogP contribution in [0.5, 0.6) is 0 Å². The summed E-state index contributed by atoms with van der Waals surface area (Å²) in [5.41, 5.74) is 0. The molecule has 0 amide bonds. The molecule has 0 unspecified atom stereocenters. The third kappa shape index (κ3) is 51.2. The Balaban J connectivity index is 4.54. The molecule has 0 aromatic heterocycles. The second-order valence-corrected chi connectivity index (χ2v) is 17.4. The summed E-state index contributed by atoms with van der Waals surface area (Å²) in [6, 6.07) is 0. The summed E-state index contributed by atoms with van der Waals surface area (Å²) in [5, 5.41) is 0. The van der Waals surface area contributed by atoms with Crippen molar-refractivity contribution in [3.63, 3.8) is 0 Å². The van der Waals surface area contributed by atoms with Gasteiger partial charge in [-0.3, -0.25) is 14.4 Å². The molecule has 0 saturated heterocycles. The molecule has 0 aromatic carbocycles. The summed E-state index contributed by atoms with van der Waals surface area (Å²) in [7, 11) is 0. The fraction of sp³-hybridized carbons (Fsp3) is 0.678. The molecule has 0 N–H and O–H groups in total. The molecule has 0 fully saturated rings. The minimum absolute atomic E-state index is 0.117. The quantitative estimate of drug-likeness (QED) is 0.0262. The molecule has 6 nitrogen and oxygen atoms in total. The lowest BCUT2D eigenvalue weighted by Gasteiger charge is -2.18. The number of esters is 3. The van der Waals surface area contributed by atoms with Gasteiger partial charge in [0.05, 0.1) is 0 Å². The topological polar surface area (TPSA) is 78.9 Å². The molecule has 1 atom stereocenters. The molecular weight excluding hydrogens is 805 g/mol. The van der Waals surface area contributed by atoms with Gasteiger partial charge in [-0.15, -0.1) is 0 Å². The zero-order chi connectivity index (χ0) is 47.2. The van der Waals surface area contributed by atoms with E-state index in [2.05, 4.69) is 118 Å². The average molecular weight is 903 g/mol. The lowest BCUT2D eigenvalue weighted by atomic mass is 10.1. The van der Waals surface area contributed by atoms with Crippen LogP contribution < -0.4 is 0 Å². The molecule has 0 aliphatic rings. The molecule has 0 heterocycles.